The third kappa shape index (κ3) is 4.22. The Balaban J connectivity index is 1.31. The summed E-state index contributed by atoms with van der Waals surface area (Å²) in [6.07, 6.45) is 6.88. The number of hydrogen-bond acceptors (Lipinski definition) is 5. The van der Waals surface area contributed by atoms with E-state index in [4.69, 9.17) is 4.74 Å². The number of benzene rings is 1. The van der Waals surface area contributed by atoms with Crippen LogP contribution in [0.1, 0.15) is 31.2 Å². The normalized spacial score (nSPS) is 20.6. The van der Waals surface area contributed by atoms with Gasteiger partial charge >= 0.3 is 0 Å². The lowest BCUT2D eigenvalue weighted by molar-refractivity contribution is -0.134. The maximum absolute atomic E-state index is 12.6. The quantitative estimate of drug-likeness (QED) is 0.798. The van der Waals surface area contributed by atoms with Crippen molar-refractivity contribution in [3.05, 3.63) is 36.2 Å². The topological polar surface area (TPSA) is 73.1 Å². The molecule has 2 heterocycles. The Kier molecular flexibility index (Phi) is 4.74. The first-order valence-corrected chi connectivity index (χ1v) is 8.99. The number of hydrogen-bond donors (Lipinski definition) is 0. The van der Waals surface area contributed by atoms with Gasteiger partial charge in [0.05, 0.1) is 18.2 Å². The Labute approximate surface area is 147 Å². The number of carbonyl (C=O) groups excluding carboxylic acids is 1. The number of tetrazole rings is 1. The molecule has 1 saturated carbocycles. The fourth-order valence-electron chi connectivity index (χ4n) is 3.19. The summed E-state index contributed by atoms with van der Waals surface area (Å²) in [5.74, 6) is 0.944. The summed E-state index contributed by atoms with van der Waals surface area (Å²) in [6.45, 7) is 2.43. The van der Waals surface area contributed by atoms with Crippen LogP contribution in [-0.4, -0.2) is 56.8 Å². The highest BCUT2D eigenvalue weighted by Crippen LogP contribution is 2.30. The molecule has 25 heavy (non-hydrogen) atoms. The van der Waals surface area contributed by atoms with Crippen molar-refractivity contribution in [1.29, 1.82) is 0 Å². The minimum atomic E-state index is 0.176. The van der Waals surface area contributed by atoms with Gasteiger partial charge in [-0.25, -0.2) is 4.68 Å². The second-order valence-corrected chi connectivity index (χ2v) is 6.98. The van der Waals surface area contributed by atoms with E-state index in [2.05, 4.69) is 15.5 Å². The molecule has 1 saturated heterocycles. The zero-order valence-corrected chi connectivity index (χ0v) is 14.3. The van der Waals surface area contributed by atoms with Gasteiger partial charge in [0.25, 0.3) is 0 Å². The number of amides is 1. The molecule has 4 rings (SSSR count). The van der Waals surface area contributed by atoms with Crippen molar-refractivity contribution in [1.82, 2.24) is 25.1 Å². The molecule has 1 amide bonds. The third-order valence-electron chi connectivity index (χ3n) is 4.90. The molecule has 2 aliphatic rings. The Morgan fingerprint density at radius 1 is 1.20 bits per heavy atom. The lowest BCUT2D eigenvalue weighted by Gasteiger charge is -2.33. The first-order valence-electron chi connectivity index (χ1n) is 8.99. The van der Waals surface area contributed by atoms with Gasteiger partial charge < -0.3 is 9.64 Å². The molecule has 0 radical (unpaired) electrons. The van der Waals surface area contributed by atoms with Crippen LogP contribution in [0.2, 0.25) is 0 Å². The molecule has 0 N–H and O–H groups in total. The van der Waals surface area contributed by atoms with Gasteiger partial charge in [-0.1, -0.05) is 12.1 Å². The van der Waals surface area contributed by atoms with Crippen LogP contribution in [0.3, 0.4) is 0 Å². The van der Waals surface area contributed by atoms with Gasteiger partial charge in [-0.3, -0.25) is 4.79 Å². The molecule has 0 spiro atoms. The average molecular weight is 341 g/mol. The zero-order valence-electron chi connectivity index (χ0n) is 14.3. The number of carbonyl (C=O) groups is 1. The van der Waals surface area contributed by atoms with Crippen LogP contribution in [0, 0.1) is 5.92 Å². The van der Waals surface area contributed by atoms with Crippen LogP contribution in [0.25, 0.3) is 5.69 Å². The van der Waals surface area contributed by atoms with Crippen molar-refractivity contribution < 1.29 is 9.53 Å². The molecular weight excluding hydrogens is 318 g/mol. The minimum Gasteiger partial charge on any atom is -0.376 e. The SMILES string of the molecule is O=C(Cc1ccc(-n2cnnn2)cc1)N1CCCC(OCC2CC2)C1. The van der Waals surface area contributed by atoms with E-state index in [9.17, 15) is 4.79 Å². The van der Waals surface area contributed by atoms with Crippen LogP contribution < -0.4 is 0 Å². The molecule has 1 aromatic carbocycles. The number of nitrogens with zero attached hydrogens (tertiary/aromatic N) is 5. The van der Waals surface area contributed by atoms with E-state index < -0.39 is 0 Å². The van der Waals surface area contributed by atoms with E-state index in [1.807, 2.05) is 29.2 Å². The number of likely N-dealkylation sites (tertiary alicyclic amines) is 1. The zero-order chi connectivity index (χ0) is 17.1. The standard InChI is InChI=1S/C18H23N5O2/c24-18(22-9-1-2-17(11-22)25-12-15-3-4-15)10-14-5-7-16(8-6-14)23-13-19-20-21-23/h5-8,13,15,17H,1-4,9-12H2. The molecule has 2 aromatic rings. The first kappa shape index (κ1) is 16.2. The summed E-state index contributed by atoms with van der Waals surface area (Å²) in [7, 11) is 0. The minimum absolute atomic E-state index is 0.176. The van der Waals surface area contributed by atoms with Crippen molar-refractivity contribution in [2.75, 3.05) is 19.7 Å². The van der Waals surface area contributed by atoms with Gasteiger partial charge in [0.2, 0.25) is 5.91 Å². The summed E-state index contributed by atoms with van der Waals surface area (Å²) in [5, 5.41) is 11.1. The van der Waals surface area contributed by atoms with E-state index in [1.54, 1.807) is 11.0 Å². The smallest absolute Gasteiger partial charge is 0.227 e. The first-order chi connectivity index (χ1) is 12.3. The predicted molar refractivity (Wildman–Crippen MR) is 91.1 cm³/mol. The van der Waals surface area contributed by atoms with Gasteiger partial charge in [-0.2, -0.15) is 0 Å². The molecule has 7 nitrogen and oxygen atoms in total. The van der Waals surface area contributed by atoms with Crippen molar-refractivity contribution in [3.8, 4) is 5.69 Å². The summed E-state index contributed by atoms with van der Waals surface area (Å²) in [5.41, 5.74) is 1.88. The number of aromatic nitrogens is 4. The molecule has 1 aliphatic carbocycles. The van der Waals surface area contributed by atoms with Crippen molar-refractivity contribution in [2.24, 2.45) is 5.92 Å². The van der Waals surface area contributed by atoms with Crippen molar-refractivity contribution >= 4 is 5.91 Å². The van der Waals surface area contributed by atoms with Crippen molar-refractivity contribution in [3.63, 3.8) is 0 Å². The van der Waals surface area contributed by atoms with Crippen LogP contribution in [0.15, 0.2) is 30.6 Å². The van der Waals surface area contributed by atoms with Crippen LogP contribution >= 0.6 is 0 Å². The molecule has 7 heteroatoms. The highest BCUT2D eigenvalue weighted by Gasteiger charge is 2.27. The Morgan fingerprint density at radius 2 is 2.04 bits per heavy atom. The van der Waals surface area contributed by atoms with Crippen LogP contribution in [0.5, 0.6) is 0 Å². The number of ether oxygens (including phenoxy) is 1. The van der Waals surface area contributed by atoms with E-state index in [1.165, 1.54) is 12.8 Å². The lowest BCUT2D eigenvalue weighted by Crippen LogP contribution is -2.44. The second-order valence-electron chi connectivity index (χ2n) is 6.98. The number of rotatable bonds is 6. The highest BCUT2D eigenvalue weighted by atomic mass is 16.5. The molecular formula is C18H23N5O2. The summed E-state index contributed by atoms with van der Waals surface area (Å²) < 4.78 is 7.57. The van der Waals surface area contributed by atoms with Crippen molar-refractivity contribution in [2.45, 2.75) is 38.2 Å². The van der Waals surface area contributed by atoms with Gasteiger partial charge in [0.1, 0.15) is 6.33 Å². The fraction of sp³-hybridized carbons (Fsp3) is 0.556. The summed E-state index contributed by atoms with van der Waals surface area (Å²) in [6, 6.07) is 7.77. The second kappa shape index (κ2) is 7.31. The van der Waals surface area contributed by atoms with E-state index in [-0.39, 0.29) is 12.0 Å². The molecule has 0 bridgehead atoms. The number of piperidine rings is 1. The summed E-state index contributed by atoms with van der Waals surface area (Å²) in [4.78, 5) is 14.6. The van der Waals surface area contributed by atoms with Crippen LogP contribution in [-0.2, 0) is 16.0 Å². The van der Waals surface area contributed by atoms with Gasteiger partial charge in [-0.15, -0.1) is 5.10 Å². The van der Waals surface area contributed by atoms with E-state index in [0.717, 1.165) is 49.7 Å². The molecule has 2 fully saturated rings. The van der Waals surface area contributed by atoms with Gasteiger partial charge in [0, 0.05) is 19.7 Å². The fourth-order valence-corrected chi connectivity index (χ4v) is 3.19. The third-order valence-corrected chi connectivity index (χ3v) is 4.90. The molecule has 1 unspecified atom stereocenters. The monoisotopic (exact) mass is 341 g/mol. The predicted octanol–water partition coefficient (Wildman–Crippen LogP) is 1.62. The molecule has 1 aromatic heterocycles. The van der Waals surface area contributed by atoms with E-state index in [0.29, 0.717) is 6.42 Å². The lowest BCUT2D eigenvalue weighted by atomic mass is 10.1. The Bertz CT molecular complexity index is 697. The highest BCUT2D eigenvalue weighted by molar-refractivity contribution is 5.79. The van der Waals surface area contributed by atoms with Gasteiger partial charge in [0.15, 0.2) is 0 Å². The Hall–Kier alpha value is -2.28. The molecule has 132 valence electrons. The molecule has 1 atom stereocenters. The Morgan fingerprint density at radius 3 is 2.76 bits per heavy atom. The summed E-state index contributed by atoms with van der Waals surface area (Å²) >= 11 is 0. The maximum atomic E-state index is 12.6. The largest absolute Gasteiger partial charge is 0.376 e. The van der Waals surface area contributed by atoms with Crippen LogP contribution in [0.4, 0.5) is 0 Å². The maximum Gasteiger partial charge on any atom is 0.227 e. The average Bonchev–Trinajstić information content (AvgIpc) is 3.32. The van der Waals surface area contributed by atoms with E-state index >= 15 is 0 Å². The molecule has 1 aliphatic heterocycles. The van der Waals surface area contributed by atoms with Gasteiger partial charge in [-0.05, 0) is 59.7 Å².